The maximum absolute atomic E-state index is 12.7. The number of aromatic nitrogens is 1. The third kappa shape index (κ3) is 2.24. The lowest BCUT2D eigenvalue weighted by molar-refractivity contribution is 0.0500. The minimum Gasteiger partial charge on any atom is -0.397 e. The standard InChI is InChI=1S/C14H23N3O/c1-4-16-9-12(15)8-13(16)14(18)17-10(2)6-5-7-11(17)3/h8-11H,4-7,15H2,1-3H3. The van der Waals surface area contributed by atoms with E-state index in [0.717, 1.165) is 25.1 Å². The second kappa shape index (κ2) is 5.04. The van der Waals surface area contributed by atoms with Crippen molar-refractivity contribution in [2.24, 2.45) is 0 Å². The summed E-state index contributed by atoms with van der Waals surface area (Å²) in [4.78, 5) is 14.7. The Morgan fingerprint density at radius 2 is 2.00 bits per heavy atom. The molecule has 1 aliphatic heterocycles. The molecule has 1 aromatic rings. The number of anilines is 1. The number of carbonyl (C=O) groups is 1. The van der Waals surface area contributed by atoms with E-state index in [9.17, 15) is 4.79 Å². The smallest absolute Gasteiger partial charge is 0.271 e. The van der Waals surface area contributed by atoms with Gasteiger partial charge in [0.15, 0.2) is 0 Å². The van der Waals surface area contributed by atoms with Gasteiger partial charge in [0.2, 0.25) is 0 Å². The third-order valence-electron chi connectivity index (χ3n) is 3.91. The van der Waals surface area contributed by atoms with Crippen molar-refractivity contribution >= 4 is 11.6 Å². The number of aryl methyl sites for hydroxylation is 1. The molecule has 0 bridgehead atoms. The zero-order chi connectivity index (χ0) is 13.3. The molecule has 1 aliphatic rings. The van der Waals surface area contributed by atoms with E-state index in [2.05, 4.69) is 13.8 Å². The summed E-state index contributed by atoms with van der Waals surface area (Å²) < 4.78 is 1.94. The van der Waals surface area contributed by atoms with Crippen molar-refractivity contribution in [3.63, 3.8) is 0 Å². The van der Waals surface area contributed by atoms with Crippen molar-refractivity contribution < 1.29 is 4.79 Å². The van der Waals surface area contributed by atoms with Crippen LogP contribution < -0.4 is 5.73 Å². The van der Waals surface area contributed by atoms with E-state index in [1.54, 1.807) is 6.07 Å². The van der Waals surface area contributed by atoms with Crippen LogP contribution in [-0.2, 0) is 6.54 Å². The summed E-state index contributed by atoms with van der Waals surface area (Å²) in [6.45, 7) is 7.07. The van der Waals surface area contributed by atoms with Crippen LogP contribution in [0.2, 0.25) is 0 Å². The lowest BCUT2D eigenvalue weighted by Gasteiger charge is -2.39. The molecule has 4 heteroatoms. The van der Waals surface area contributed by atoms with Gasteiger partial charge < -0.3 is 15.2 Å². The van der Waals surface area contributed by atoms with Crippen molar-refractivity contribution in [1.29, 1.82) is 0 Å². The number of hydrogen-bond donors (Lipinski definition) is 1. The van der Waals surface area contributed by atoms with Crippen LogP contribution in [0.1, 0.15) is 50.5 Å². The van der Waals surface area contributed by atoms with Gasteiger partial charge in [-0.05, 0) is 46.1 Å². The number of nitrogen functional groups attached to an aromatic ring is 1. The van der Waals surface area contributed by atoms with Gasteiger partial charge in [-0.1, -0.05) is 0 Å². The molecule has 2 unspecified atom stereocenters. The van der Waals surface area contributed by atoms with Crippen molar-refractivity contribution in [2.45, 2.75) is 58.7 Å². The van der Waals surface area contributed by atoms with Crippen molar-refractivity contribution in [3.05, 3.63) is 18.0 Å². The zero-order valence-electron chi connectivity index (χ0n) is 11.5. The molecular weight excluding hydrogens is 226 g/mol. The number of nitrogens with zero attached hydrogens (tertiary/aromatic N) is 2. The van der Waals surface area contributed by atoms with E-state index in [0.29, 0.717) is 17.8 Å². The fraction of sp³-hybridized carbons (Fsp3) is 0.643. The third-order valence-corrected chi connectivity index (χ3v) is 3.91. The van der Waals surface area contributed by atoms with Crippen LogP contribution >= 0.6 is 0 Å². The molecule has 18 heavy (non-hydrogen) atoms. The number of likely N-dealkylation sites (tertiary alicyclic amines) is 1. The molecule has 0 spiro atoms. The van der Waals surface area contributed by atoms with Gasteiger partial charge in [-0.25, -0.2) is 0 Å². The van der Waals surface area contributed by atoms with Gasteiger partial charge in [0.1, 0.15) is 5.69 Å². The molecule has 1 amide bonds. The van der Waals surface area contributed by atoms with Gasteiger partial charge in [-0.3, -0.25) is 4.79 Å². The fourth-order valence-electron chi connectivity index (χ4n) is 2.93. The first-order valence-electron chi connectivity index (χ1n) is 6.83. The Hall–Kier alpha value is -1.45. The Kier molecular flexibility index (Phi) is 3.64. The second-order valence-corrected chi connectivity index (χ2v) is 5.29. The lowest BCUT2D eigenvalue weighted by Crippen LogP contribution is -2.48. The average Bonchev–Trinajstić information content (AvgIpc) is 2.70. The predicted molar refractivity (Wildman–Crippen MR) is 73.5 cm³/mol. The van der Waals surface area contributed by atoms with Gasteiger partial charge in [-0.15, -0.1) is 0 Å². The molecule has 1 fully saturated rings. The number of piperidine rings is 1. The Labute approximate surface area is 109 Å². The van der Waals surface area contributed by atoms with Crippen LogP contribution in [-0.4, -0.2) is 27.5 Å². The molecule has 2 N–H and O–H groups in total. The SMILES string of the molecule is CCn1cc(N)cc1C(=O)N1C(C)CCCC1C. The second-order valence-electron chi connectivity index (χ2n) is 5.29. The molecule has 2 rings (SSSR count). The first kappa shape index (κ1) is 13.0. The van der Waals surface area contributed by atoms with Crippen molar-refractivity contribution in [1.82, 2.24) is 9.47 Å². The summed E-state index contributed by atoms with van der Waals surface area (Å²) in [5.74, 6) is 0.119. The quantitative estimate of drug-likeness (QED) is 0.875. The predicted octanol–water partition coefficient (Wildman–Crippen LogP) is 2.49. The Bertz CT molecular complexity index is 428. The highest BCUT2D eigenvalue weighted by molar-refractivity contribution is 5.94. The maximum Gasteiger partial charge on any atom is 0.271 e. The van der Waals surface area contributed by atoms with E-state index in [1.807, 2.05) is 22.6 Å². The highest BCUT2D eigenvalue weighted by Gasteiger charge is 2.30. The summed E-state index contributed by atoms with van der Waals surface area (Å²) in [5, 5.41) is 0. The molecule has 1 saturated heterocycles. The van der Waals surface area contributed by atoms with Crippen LogP contribution in [0.4, 0.5) is 5.69 Å². The Balaban J connectivity index is 2.29. The van der Waals surface area contributed by atoms with Gasteiger partial charge in [0, 0.05) is 24.8 Å². The maximum atomic E-state index is 12.7. The number of hydrogen-bond acceptors (Lipinski definition) is 2. The summed E-state index contributed by atoms with van der Waals surface area (Å²) in [6, 6.07) is 2.44. The zero-order valence-corrected chi connectivity index (χ0v) is 11.5. The first-order chi connectivity index (χ1) is 8.54. The number of amides is 1. The number of carbonyl (C=O) groups excluding carboxylic acids is 1. The summed E-state index contributed by atoms with van der Waals surface area (Å²) in [7, 11) is 0. The molecule has 0 radical (unpaired) electrons. The normalized spacial score (nSPS) is 24.3. The fourth-order valence-corrected chi connectivity index (χ4v) is 2.93. The summed E-state index contributed by atoms with van der Waals surface area (Å²) in [6.07, 6.45) is 5.24. The topological polar surface area (TPSA) is 51.3 Å². The van der Waals surface area contributed by atoms with Gasteiger partial charge in [-0.2, -0.15) is 0 Å². The molecule has 0 saturated carbocycles. The van der Waals surface area contributed by atoms with Gasteiger partial charge in [0.05, 0.1) is 5.69 Å². The molecule has 0 aromatic carbocycles. The largest absolute Gasteiger partial charge is 0.397 e. The van der Waals surface area contributed by atoms with E-state index in [4.69, 9.17) is 5.73 Å². The van der Waals surface area contributed by atoms with E-state index >= 15 is 0 Å². The molecule has 100 valence electrons. The number of nitrogens with two attached hydrogens (primary N) is 1. The van der Waals surface area contributed by atoms with Gasteiger partial charge >= 0.3 is 0 Å². The van der Waals surface area contributed by atoms with Crippen LogP contribution in [0.5, 0.6) is 0 Å². The Morgan fingerprint density at radius 3 is 2.56 bits per heavy atom. The molecular formula is C14H23N3O. The molecule has 2 heterocycles. The van der Waals surface area contributed by atoms with E-state index in [-0.39, 0.29) is 5.91 Å². The molecule has 1 aromatic heterocycles. The Morgan fingerprint density at radius 1 is 1.39 bits per heavy atom. The van der Waals surface area contributed by atoms with Gasteiger partial charge in [0.25, 0.3) is 5.91 Å². The minimum atomic E-state index is 0.119. The molecule has 2 atom stereocenters. The van der Waals surface area contributed by atoms with E-state index in [1.165, 1.54) is 6.42 Å². The summed E-state index contributed by atoms with van der Waals surface area (Å²) >= 11 is 0. The highest BCUT2D eigenvalue weighted by atomic mass is 16.2. The van der Waals surface area contributed by atoms with Crippen LogP contribution in [0.3, 0.4) is 0 Å². The van der Waals surface area contributed by atoms with Crippen molar-refractivity contribution in [3.8, 4) is 0 Å². The first-order valence-corrected chi connectivity index (χ1v) is 6.83. The number of rotatable bonds is 2. The van der Waals surface area contributed by atoms with Crippen LogP contribution in [0.15, 0.2) is 12.3 Å². The van der Waals surface area contributed by atoms with E-state index < -0.39 is 0 Å². The lowest BCUT2D eigenvalue weighted by atomic mass is 9.97. The monoisotopic (exact) mass is 249 g/mol. The van der Waals surface area contributed by atoms with Crippen molar-refractivity contribution in [2.75, 3.05) is 5.73 Å². The van der Waals surface area contributed by atoms with Crippen LogP contribution in [0.25, 0.3) is 0 Å². The molecule has 4 nitrogen and oxygen atoms in total. The molecule has 0 aliphatic carbocycles. The highest BCUT2D eigenvalue weighted by Crippen LogP contribution is 2.25. The summed E-state index contributed by atoms with van der Waals surface area (Å²) in [5.41, 5.74) is 7.18. The van der Waals surface area contributed by atoms with Crippen LogP contribution in [0, 0.1) is 0 Å². The average molecular weight is 249 g/mol. The minimum absolute atomic E-state index is 0.119.